The lowest BCUT2D eigenvalue weighted by molar-refractivity contribution is -0.130. The smallest absolute Gasteiger partial charge is 0.263 e. The largest absolute Gasteiger partial charge is 0.484 e. The normalized spacial score (nSPS) is 11.0. The van der Waals surface area contributed by atoms with Crippen molar-refractivity contribution in [1.29, 1.82) is 0 Å². The molecular weight excluding hydrogens is 364 g/mol. The van der Waals surface area contributed by atoms with Crippen LogP contribution in [0.2, 0.25) is 5.02 Å². The number of sulfonamides is 1. The molecular formula is C17H19ClN2O4S. The second-order valence-corrected chi connectivity index (χ2v) is 7.70. The van der Waals surface area contributed by atoms with Gasteiger partial charge in [0, 0.05) is 19.8 Å². The van der Waals surface area contributed by atoms with Gasteiger partial charge in [0.1, 0.15) is 10.6 Å². The van der Waals surface area contributed by atoms with Crippen LogP contribution in [0.5, 0.6) is 5.75 Å². The highest BCUT2D eigenvalue weighted by Crippen LogP contribution is 2.25. The summed E-state index contributed by atoms with van der Waals surface area (Å²) in [6.45, 7) is 1.74. The van der Waals surface area contributed by atoms with Gasteiger partial charge in [-0.25, -0.2) is 8.42 Å². The van der Waals surface area contributed by atoms with E-state index in [0.717, 1.165) is 5.56 Å². The number of amides is 1. The van der Waals surface area contributed by atoms with Crippen LogP contribution >= 0.6 is 11.6 Å². The lowest BCUT2D eigenvalue weighted by Crippen LogP contribution is -2.27. The number of hydrogen-bond acceptors (Lipinski definition) is 4. The molecule has 1 amide bonds. The van der Waals surface area contributed by atoms with E-state index in [-0.39, 0.29) is 22.4 Å². The molecule has 0 unspecified atom stereocenters. The van der Waals surface area contributed by atoms with Crippen molar-refractivity contribution in [2.24, 2.45) is 0 Å². The van der Waals surface area contributed by atoms with Gasteiger partial charge in [0.15, 0.2) is 6.61 Å². The van der Waals surface area contributed by atoms with Gasteiger partial charge >= 0.3 is 0 Å². The zero-order valence-corrected chi connectivity index (χ0v) is 15.7. The first-order chi connectivity index (χ1) is 11.7. The summed E-state index contributed by atoms with van der Waals surface area (Å²) in [7, 11) is -0.517. The number of nitrogens with zero attached hydrogens (tertiary/aromatic N) is 1. The van der Waals surface area contributed by atoms with E-state index >= 15 is 0 Å². The number of anilines is 1. The van der Waals surface area contributed by atoms with Gasteiger partial charge in [-0.1, -0.05) is 17.7 Å². The molecule has 0 aliphatic rings. The second kappa shape index (κ2) is 7.76. The summed E-state index contributed by atoms with van der Waals surface area (Å²) in [6.07, 6.45) is 0. The summed E-state index contributed by atoms with van der Waals surface area (Å²) < 4.78 is 32.7. The molecule has 134 valence electrons. The van der Waals surface area contributed by atoms with Crippen molar-refractivity contribution in [3.8, 4) is 5.75 Å². The fourth-order valence-electron chi connectivity index (χ4n) is 1.93. The van der Waals surface area contributed by atoms with E-state index < -0.39 is 10.0 Å². The zero-order valence-electron chi connectivity index (χ0n) is 14.1. The predicted octanol–water partition coefficient (Wildman–Crippen LogP) is 2.92. The zero-order chi connectivity index (χ0) is 18.6. The minimum Gasteiger partial charge on any atom is -0.484 e. The summed E-state index contributed by atoms with van der Waals surface area (Å²) in [4.78, 5) is 12.9. The highest BCUT2D eigenvalue weighted by Gasteiger charge is 2.18. The third-order valence-electron chi connectivity index (χ3n) is 3.34. The summed E-state index contributed by atoms with van der Waals surface area (Å²) in [5.74, 6) is 0.297. The Kier molecular flexibility index (Phi) is 5.92. The maximum Gasteiger partial charge on any atom is 0.263 e. The fraction of sp³-hybridized carbons (Fsp3) is 0.235. The Morgan fingerprint density at radius 2 is 1.80 bits per heavy atom. The lowest BCUT2D eigenvalue weighted by atomic mass is 10.2. The van der Waals surface area contributed by atoms with Crippen LogP contribution in [0.3, 0.4) is 0 Å². The SMILES string of the molecule is Cc1ccc(S(=O)(=O)Nc2ccc(OCC(=O)N(C)C)cc2)c(Cl)c1. The van der Waals surface area contributed by atoms with Gasteiger partial charge in [0.25, 0.3) is 15.9 Å². The van der Waals surface area contributed by atoms with E-state index in [1.54, 1.807) is 50.5 Å². The van der Waals surface area contributed by atoms with Crippen LogP contribution in [0.25, 0.3) is 0 Å². The first kappa shape index (κ1) is 19.1. The Labute approximate surface area is 152 Å². The molecule has 0 fully saturated rings. The summed E-state index contributed by atoms with van der Waals surface area (Å²) in [5, 5.41) is 0.162. The molecule has 6 nitrogen and oxygen atoms in total. The van der Waals surface area contributed by atoms with Crippen LogP contribution in [0.15, 0.2) is 47.4 Å². The van der Waals surface area contributed by atoms with E-state index in [0.29, 0.717) is 11.4 Å². The molecule has 2 aromatic carbocycles. The lowest BCUT2D eigenvalue weighted by Gasteiger charge is -2.12. The van der Waals surface area contributed by atoms with E-state index in [1.165, 1.54) is 11.0 Å². The molecule has 25 heavy (non-hydrogen) atoms. The molecule has 0 heterocycles. The number of ether oxygens (including phenoxy) is 1. The molecule has 0 bridgehead atoms. The number of aryl methyl sites for hydroxylation is 1. The van der Waals surface area contributed by atoms with Crippen LogP contribution in [-0.4, -0.2) is 39.9 Å². The highest BCUT2D eigenvalue weighted by molar-refractivity contribution is 7.92. The van der Waals surface area contributed by atoms with Crippen LogP contribution in [0.1, 0.15) is 5.56 Å². The molecule has 0 aliphatic carbocycles. The van der Waals surface area contributed by atoms with Crippen LogP contribution < -0.4 is 9.46 Å². The van der Waals surface area contributed by atoms with Gasteiger partial charge in [-0.05, 0) is 48.9 Å². The predicted molar refractivity (Wildman–Crippen MR) is 97.6 cm³/mol. The molecule has 0 radical (unpaired) electrons. The highest BCUT2D eigenvalue weighted by atomic mass is 35.5. The number of hydrogen-bond donors (Lipinski definition) is 1. The van der Waals surface area contributed by atoms with Gasteiger partial charge in [0.05, 0.1) is 5.02 Å². The number of benzene rings is 2. The molecule has 0 atom stereocenters. The fourth-order valence-corrected chi connectivity index (χ4v) is 3.59. The molecule has 2 aromatic rings. The van der Waals surface area contributed by atoms with E-state index in [9.17, 15) is 13.2 Å². The van der Waals surface area contributed by atoms with Crippen molar-refractivity contribution in [3.05, 3.63) is 53.1 Å². The van der Waals surface area contributed by atoms with Gasteiger partial charge in [-0.3, -0.25) is 9.52 Å². The first-order valence-corrected chi connectivity index (χ1v) is 9.27. The number of carbonyl (C=O) groups excluding carboxylic acids is 1. The molecule has 2 rings (SSSR count). The minimum absolute atomic E-state index is 0.0108. The van der Waals surface area contributed by atoms with E-state index in [1.807, 2.05) is 6.92 Å². The summed E-state index contributed by atoms with van der Waals surface area (Å²) in [6, 6.07) is 11.0. The average Bonchev–Trinajstić information content (AvgIpc) is 2.53. The molecule has 0 saturated heterocycles. The van der Waals surface area contributed by atoms with E-state index in [2.05, 4.69) is 4.72 Å². The van der Waals surface area contributed by atoms with Gasteiger partial charge in [-0.2, -0.15) is 0 Å². The van der Waals surface area contributed by atoms with Crippen LogP contribution in [0, 0.1) is 6.92 Å². The average molecular weight is 383 g/mol. The van der Waals surface area contributed by atoms with Crippen LogP contribution in [-0.2, 0) is 14.8 Å². The number of rotatable bonds is 6. The molecule has 1 N–H and O–H groups in total. The van der Waals surface area contributed by atoms with Gasteiger partial charge in [0.2, 0.25) is 0 Å². The molecule has 0 spiro atoms. The monoisotopic (exact) mass is 382 g/mol. The quantitative estimate of drug-likeness (QED) is 0.833. The number of carbonyl (C=O) groups is 1. The van der Waals surface area contributed by atoms with Gasteiger partial charge < -0.3 is 9.64 Å². The third-order valence-corrected chi connectivity index (χ3v) is 5.21. The Balaban J connectivity index is 2.08. The van der Waals surface area contributed by atoms with Crippen LogP contribution in [0.4, 0.5) is 5.69 Å². The summed E-state index contributed by atoms with van der Waals surface area (Å²) in [5.41, 5.74) is 1.24. The first-order valence-electron chi connectivity index (χ1n) is 7.41. The summed E-state index contributed by atoms with van der Waals surface area (Å²) >= 11 is 6.03. The van der Waals surface area contributed by atoms with E-state index in [4.69, 9.17) is 16.3 Å². The van der Waals surface area contributed by atoms with Crippen molar-refractivity contribution in [2.75, 3.05) is 25.4 Å². The number of halogens is 1. The molecule has 0 saturated carbocycles. The van der Waals surface area contributed by atoms with Crippen molar-refractivity contribution in [1.82, 2.24) is 4.90 Å². The Hall–Kier alpha value is -2.25. The number of likely N-dealkylation sites (N-methyl/N-ethyl adjacent to an activating group) is 1. The number of nitrogens with one attached hydrogen (secondary N) is 1. The standard InChI is InChI=1S/C17H19ClN2O4S/c1-12-4-9-16(15(18)10-12)25(22,23)19-13-5-7-14(8-6-13)24-11-17(21)20(2)3/h4-10,19H,11H2,1-3H3. The Morgan fingerprint density at radius 3 is 2.36 bits per heavy atom. The second-order valence-electron chi connectivity index (χ2n) is 5.64. The maximum absolute atomic E-state index is 12.4. The Morgan fingerprint density at radius 1 is 1.16 bits per heavy atom. The minimum atomic E-state index is -3.79. The van der Waals surface area contributed by atoms with Crippen molar-refractivity contribution in [3.63, 3.8) is 0 Å². The topological polar surface area (TPSA) is 75.7 Å². The van der Waals surface area contributed by atoms with Crippen molar-refractivity contribution < 1.29 is 17.9 Å². The maximum atomic E-state index is 12.4. The molecule has 8 heteroatoms. The third kappa shape index (κ3) is 5.11. The Bertz CT molecular complexity index is 865. The van der Waals surface area contributed by atoms with Crippen molar-refractivity contribution >= 4 is 33.2 Å². The molecule has 0 aromatic heterocycles. The van der Waals surface area contributed by atoms with Crippen molar-refractivity contribution in [2.45, 2.75) is 11.8 Å². The van der Waals surface area contributed by atoms with Gasteiger partial charge in [-0.15, -0.1) is 0 Å². The molecule has 0 aliphatic heterocycles.